The Bertz CT molecular complexity index is 517. The second-order valence-electron chi connectivity index (χ2n) is 11.0. The van der Waals surface area contributed by atoms with Crippen LogP contribution in [0.1, 0.15) is 98.3 Å². The summed E-state index contributed by atoms with van der Waals surface area (Å²) in [6.45, 7) is 14.2. The third-order valence-electron chi connectivity index (χ3n) is 6.55. The van der Waals surface area contributed by atoms with E-state index in [1.54, 1.807) is 0 Å². The molecule has 0 unspecified atom stereocenters. The van der Waals surface area contributed by atoms with Crippen molar-refractivity contribution in [2.45, 2.75) is 104 Å². The molecule has 0 spiro atoms. The van der Waals surface area contributed by atoms with Crippen molar-refractivity contribution < 1.29 is 24.2 Å². The van der Waals surface area contributed by atoms with E-state index in [1.165, 1.54) is 19.3 Å². The van der Waals surface area contributed by atoms with E-state index in [0.717, 1.165) is 71.2 Å². The van der Waals surface area contributed by atoms with E-state index in [9.17, 15) is 14.7 Å². The summed E-state index contributed by atoms with van der Waals surface area (Å²) in [5.41, 5.74) is 0. The molecular weight excluding hydrogens is 444 g/mol. The minimum Gasteiger partial charge on any atom is -0.465 e. The molecule has 7 nitrogen and oxygen atoms in total. The SMILES string of the molecule is CC(C)COC(=O)CCCCCN(CCCCCC(=O)OCC(C)C)CCN(CCO)C1CCC1. The molecule has 0 aromatic heterocycles. The van der Waals surface area contributed by atoms with Crippen molar-refractivity contribution in [3.8, 4) is 0 Å². The van der Waals surface area contributed by atoms with E-state index in [2.05, 4.69) is 9.80 Å². The summed E-state index contributed by atoms with van der Waals surface area (Å²) < 4.78 is 10.5. The summed E-state index contributed by atoms with van der Waals surface area (Å²) in [7, 11) is 0. The van der Waals surface area contributed by atoms with Gasteiger partial charge in [0.15, 0.2) is 0 Å². The average molecular weight is 499 g/mol. The molecule has 0 aromatic rings. The number of aliphatic hydroxyl groups excluding tert-OH is 1. The van der Waals surface area contributed by atoms with Crippen LogP contribution in [0, 0.1) is 11.8 Å². The average Bonchev–Trinajstić information content (AvgIpc) is 2.77. The van der Waals surface area contributed by atoms with Crippen LogP contribution in [0.3, 0.4) is 0 Å². The Kier molecular flexibility index (Phi) is 18.1. The zero-order chi connectivity index (χ0) is 25.9. The summed E-state index contributed by atoms with van der Waals surface area (Å²) in [4.78, 5) is 28.6. The van der Waals surface area contributed by atoms with Crippen molar-refractivity contribution >= 4 is 11.9 Å². The molecule has 1 aliphatic carbocycles. The largest absolute Gasteiger partial charge is 0.465 e. The molecular formula is C28H54N2O5. The number of rotatable bonds is 22. The number of aliphatic hydroxyl groups is 1. The van der Waals surface area contributed by atoms with Crippen LogP contribution in [-0.4, -0.2) is 85.4 Å². The molecule has 0 saturated heterocycles. The molecule has 206 valence electrons. The first-order valence-corrected chi connectivity index (χ1v) is 14.2. The van der Waals surface area contributed by atoms with Crippen molar-refractivity contribution in [3.05, 3.63) is 0 Å². The fourth-order valence-corrected chi connectivity index (χ4v) is 4.19. The van der Waals surface area contributed by atoms with Gasteiger partial charge < -0.3 is 19.5 Å². The highest BCUT2D eigenvalue weighted by Crippen LogP contribution is 2.24. The summed E-state index contributed by atoms with van der Waals surface area (Å²) >= 11 is 0. The lowest BCUT2D eigenvalue weighted by Crippen LogP contribution is -2.45. The maximum absolute atomic E-state index is 11.8. The first kappa shape index (κ1) is 31.8. The van der Waals surface area contributed by atoms with Gasteiger partial charge in [0, 0.05) is 38.5 Å². The zero-order valence-corrected chi connectivity index (χ0v) is 23.1. The molecule has 7 heteroatoms. The van der Waals surface area contributed by atoms with Crippen molar-refractivity contribution in [3.63, 3.8) is 0 Å². The fraction of sp³-hybridized carbons (Fsp3) is 0.929. The molecule has 1 saturated carbocycles. The molecule has 35 heavy (non-hydrogen) atoms. The lowest BCUT2D eigenvalue weighted by molar-refractivity contribution is -0.145. The van der Waals surface area contributed by atoms with Gasteiger partial charge in [-0.15, -0.1) is 0 Å². The van der Waals surface area contributed by atoms with Gasteiger partial charge in [0.25, 0.3) is 0 Å². The van der Waals surface area contributed by atoms with E-state index in [0.29, 0.717) is 43.9 Å². The number of hydrogen-bond donors (Lipinski definition) is 1. The van der Waals surface area contributed by atoms with Crippen LogP contribution in [0.15, 0.2) is 0 Å². The molecule has 1 N–H and O–H groups in total. The summed E-state index contributed by atoms with van der Waals surface area (Å²) in [5.74, 6) is 0.595. The normalized spacial score (nSPS) is 14.2. The number of ether oxygens (including phenoxy) is 2. The number of hydrogen-bond acceptors (Lipinski definition) is 7. The Balaban J connectivity index is 2.33. The van der Waals surface area contributed by atoms with Crippen molar-refractivity contribution in [2.75, 3.05) is 52.5 Å². The predicted molar refractivity (Wildman–Crippen MR) is 141 cm³/mol. The summed E-state index contributed by atoms with van der Waals surface area (Å²) in [6.07, 6.45) is 10.8. The topological polar surface area (TPSA) is 79.3 Å². The number of esters is 2. The van der Waals surface area contributed by atoms with Gasteiger partial charge in [-0.1, -0.05) is 47.0 Å². The molecule has 0 amide bonds. The molecule has 1 rings (SSSR count). The standard InChI is InChI=1S/C28H54N2O5/c1-24(2)22-34-27(32)14-7-5-9-16-29(18-19-30(20-21-31)26-12-11-13-26)17-10-6-8-15-28(33)35-23-25(3)4/h24-26,31H,5-23H2,1-4H3. The molecule has 0 bridgehead atoms. The van der Waals surface area contributed by atoms with Crippen LogP contribution < -0.4 is 0 Å². The van der Waals surface area contributed by atoms with Crippen LogP contribution in [-0.2, 0) is 19.1 Å². The molecule has 1 fully saturated rings. The lowest BCUT2D eigenvalue weighted by Gasteiger charge is -2.38. The monoisotopic (exact) mass is 498 g/mol. The third-order valence-corrected chi connectivity index (χ3v) is 6.55. The van der Waals surface area contributed by atoms with Gasteiger partial charge in [0.1, 0.15) is 0 Å². The molecule has 0 heterocycles. The first-order chi connectivity index (χ1) is 16.8. The molecule has 1 aliphatic rings. The quantitative estimate of drug-likeness (QED) is 0.172. The lowest BCUT2D eigenvalue weighted by atomic mass is 9.91. The van der Waals surface area contributed by atoms with Crippen LogP contribution in [0.5, 0.6) is 0 Å². The first-order valence-electron chi connectivity index (χ1n) is 14.2. The molecule has 0 aromatic carbocycles. The Hall–Kier alpha value is -1.18. The van der Waals surface area contributed by atoms with Crippen LogP contribution in [0.4, 0.5) is 0 Å². The van der Waals surface area contributed by atoms with E-state index in [-0.39, 0.29) is 18.5 Å². The molecule has 0 aliphatic heterocycles. The summed E-state index contributed by atoms with van der Waals surface area (Å²) in [6, 6.07) is 0.637. The highest BCUT2D eigenvalue weighted by molar-refractivity contribution is 5.69. The highest BCUT2D eigenvalue weighted by atomic mass is 16.5. The smallest absolute Gasteiger partial charge is 0.305 e. The second-order valence-corrected chi connectivity index (χ2v) is 11.0. The van der Waals surface area contributed by atoms with Crippen LogP contribution >= 0.6 is 0 Å². The number of unbranched alkanes of at least 4 members (excludes halogenated alkanes) is 4. The van der Waals surface area contributed by atoms with Gasteiger partial charge in [0.2, 0.25) is 0 Å². The van der Waals surface area contributed by atoms with E-state index in [1.807, 2.05) is 27.7 Å². The maximum Gasteiger partial charge on any atom is 0.305 e. The van der Waals surface area contributed by atoms with Crippen LogP contribution in [0.2, 0.25) is 0 Å². The van der Waals surface area contributed by atoms with Gasteiger partial charge >= 0.3 is 11.9 Å². The minimum absolute atomic E-state index is 0.0809. The summed E-state index contributed by atoms with van der Waals surface area (Å²) in [5, 5.41) is 9.47. The second kappa shape index (κ2) is 19.9. The van der Waals surface area contributed by atoms with Gasteiger partial charge in [-0.2, -0.15) is 0 Å². The third kappa shape index (κ3) is 17.0. The number of nitrogens with zero attached hydrogens (tertiary/aromatic N) is 2. The molecule has 0 atom stereocenters. The van der Waals surface area contributed by atoms with Gasteiger partial charge in [-0.05, 0) is 63.5 Å². The van der Waals surface area contributed by atoms with Crippen molar-refractivity contribution in [1.29, 1.82) is 0 Å². The van der Waals surface area contributed by atoms with E-state index < -0.39 is 0 Å². The van der Waals surface area contributed by atoms with Gasteiger partial charge in [-0.3, -0.25) is 14.5 Å². The Morgan fingerprint density at radius 1 is 0.743 bits per heavy atom. The maximum atomic E-state index is 11.8. The van der Waals surface area contributed by atoms with Crippen LogP contribution in [0.25, 0.3) is 0 Å². The number of carbonyl (C=O) groups is 2. The van der Waals surface area contributed by atoms with Crippen molar-refractivity contribution in [2.24, 2.45) is 11.8 Å². The minimum atomic E-state index is -0.0809. The molecule has 0 radical (unpaired) electrons. The fourth-order valence-electron chi connectivity index (χ4n) is 4.19. The van der Waals surface area contributed by atoms with Gasteiger partial charge in [0.05, 0.1) is 19.8 Å². The zero-order valence-electron chi connectivity index (χ0n) is 23.1. The number of carbonyl (C=O) groups excluding carboxylic acids is 2. The Labute approximate surface area is 214 Å². The van der Waals surface area contributed by atoms with Gasteiger partial charge in [-0.25, -0.2) is 0 Å². The Morgan fingerprint density at radius 2 is 1.26 bits per heavy atom. The highest BCUT2D eigenvalue weighted by Gasteiger charge is 2.24. The van der Waals surface area contributed by atoms with E-state index in [4.69, 9.17) is 9.47 Å². The van der Waals surface area contributed by atoms with Crippen molar-refractivity contribution in [1.82, 2.24) is 9.80 Å². The Morgan fingerprint density at radius 3 is 1.66 bits per heavy atom. The van der Waals surface area contributed by atoms with E-state index >= 15 is 0 Å². The predicted octanol–water partition coefficient (Wildman–Crippen LogP) is 4.65.